The number of aromatic carboxylic acids is 1. The van der Waals surface area contributed by atoms with Crippen molar-refractivity contribution in [2.24, 2.45) is 5.92 Å². The van der Waals surface area contributed by atoms with E-state index in [0.29, 0.717) is 18.0 Å². The molecule has 110 valence electrons. The van der Waals surface area contributed by atoms with Crippen LogP contribution in [0, 0.1) is 12.8 Å². The highest BCUT2D eigenvalue weighted by Gasteiger charge is 2.27. The maximum absolute atomic E-state index is 12.4. The third kappa shape index (κ3) is 2.86. The van der Waals surface area contributed by atoms with Crippen molar-refractivity contribution < 1.29 is 18.3 Å². The maximum Gasteiger partial charge on any atom is 0.335 e. The second-order valence-electron chi connectivity index (χ2n) is 5.36. The Labute approximate surface area is 119 Å². The standard InChI is InChI=1S/C14H19NO4S/c1-10-6-7-12(8-13(10)14(16)17)20(18,19)15(2)9-11-4-3-5-11/h6-8,11H,3-5,9H2,1-2H3,(H,16,17). The van der Waals surface area contributed by atoms with Gasteiger partial charge in [-0.15, -0.1) is 0 Å². The summed E-state index contributed by atoms with van der Waals surface area (Å²) in [6.07, 6.45) is 3.29. The molecule has 2 rings (SSSR count). The van der Waals surface area contributed by atoms with Crippen LogP contribution in [-0.4, -0.2) is 37.4 Å². The van der Waals surface area contributed by atoms with Crippen molar-refractivity contribution in [2.75, 3.05) is 13.6 Å². The molecule has 0 radical (unpaired) electrons. The van der Waals surface area contributed by atoms with Gasteiger partial charge in [0.15, 0.2) is 0 Å². The van der Waals surface area contributed by atoms with E-state index in [2.05, 4.69) is 0 Å². The summed E-state index contributed by atoms with van der Waals surface area (Å²) in [5, 5.41) is 9.08. The van der Waals surface area contributed by atoms with Crippen LogP contribution in [0.15, 0.2) is 23.1 Å². The minimum atomic E-state index is -3.61. The highest BCUT2D eigenvalue weighted by molar-refractivity contribution is 7.89. The summed E-state index contributed by atoms with van der Waals surface area (Å²) in [5.41, 5.74) is 0.584. The Morgan fingerprint density at radius 1 is 1.40 bits per heavy atom. The second-order valence-corrected chi connectivity index (χ2v) is 7.41. The molecule has 0 unspecified atom stereocenters. The molecule has 6 heteroatoms. The van der Waals surface area contributed by atoms with Gasteiger partial charge in [-0.3, -0.25) is 0 Å². The average Bonchev–Trinajstić information content (AvgIpc) is 2.33. The van der Waals surface area contributed by atoms with E-state index in [1.54, 1.807) is 14.0 Å². The third-order valence-electron chi connectivity index (χ3n) is 3.89. The third-order valence-corrected chi connectivity index (χ3v) is 5.71. The van der Waals surface area contributed by atoms with Crippen LogP contribution in [0.1, 0.15) is 35.2 Å². The molecular weight excluding hydrogens is 278 g/mol. The molecule has 0 atom stereocenters. The number of hydrogen-bond donors (Lipinski definition) is 1. The van der Waals surface area contributed by atoms with Crippen LogP contribution < -0.4 is 0 Å². The van der Waals surface area contributed by atoms with Gasteiger partial charge < -0.3 is 5.11 Å². The molecule has 0 aliphatic heterocycles. The van der Waals surface area contributed by atoms with Crippen molar-refractivity contribution in [3.05, 3.63) is 29.3 Å². The lowest BCUT2D eigenvalue weighted by molar-refractivity contribution is 0.0696. The molecule has 0 heterocycles. The zero-order valence-electron chi connectivity index (χ0n) is 11.7. The van der Waals surface area contributed by atoms with Crippen molar-refractivity contribution in [1.29, 1.82) is 0 Å². The SMILES string of the molecule is Cc1ccc(S(=O)(=O)N(C)CC2CCC2)cc1C(=O)O. The average molecular weight is 297 g/mol. The first kappa shape index (κ1) is 15.0. The van der Waals surface area contributed by atoms with Crippen molar-refractivity contribution in [2.45, 2.75) is 31.1 Å². The molecule has 0 spiro atoms. The van der Waals surface area contributed by atoms with E-state index < -0.39 is 16.0 Å². The zero-order valence-corrected chi connectivity index (χ0v) is 12.5. The quantitative estimate of drug-likeness (QED) is 0.903. The normalized spacial score (nSPS) is 16.1. The van der Waals surface area contributed by atoms with Gasteiger partial charge in [0.1, 0.15) is 0 Å². The first-order valence-corrected chi connectivity index (χ1v) is 8.06. The van der Waals surface area contributed by atoms with Gasteiger partial charge in [0, 0.05) is 13.6 Å². The molecule has 20 heavy (non-hydrogen) atoms. The van der Waals surface area contributed by atoms with E-state index in [1.807, 2.05) is 0 Å². The molecule has 1 aromatic rings. The van der Waals surface area contributed by atoms with Gasteiger partial charge in [0.25, 0.3) is 0 Å². The summed E-state index contributed by atoms with van der Waals surface area (Å²) in [6.45, 7) is 2.15. The smallest absolute Gasteiger partial charge is 0.335 e. The minimum absolute atomic E-state index is 0.0307. The van der Waals surface area contributed by atoms with Gasteiger partial charge in [-0.1, -0.05) is 12.5 Å². The monoisotopic (exact) mass is 297 g/mol. The molecule has 5 nitrogen and oxygen atoms in total. The van der Waals surface area contributed by atoms with Crippen LogP contribution in [0.25, 0.3) is 0 Å². The first-order valence-electron chi connectivity index (χ1n) is 6.62. The van der Waals surface area contributed by atoms with Gasteiger partial charge in [-0.25, -0.2) is 17.5 Å². The predicted molar refractivity (Wildman–Crippen MR) is 75.3 cm³/mol. The number of carbonyl (C=O) groups is 1. The molecule has 1 N–H and O–H groups in total. The Bertz CT molecular complexity index is 620. The Kier molecular flexibility index (Phi) is 4.15. The summed E-state index contributed by atoms with van der Waals surface area (Å²) in [7, 11) is -2.06. The van der Waals surface area contributed by atoms with Gasteiger partial charge in [-0.05, 0) is 43.4 Å². The topological polar surface area (TPSA) is 74.7 Å². The van der Waals surface area contributed by atoms with E-state index in [9.17, 15) is 13.2 Å². The number of benzene rings is 1. The Balaban J connectivity index is 2.28. The minimum Gasteiger partial charge on any atom is -0.478 e. The highest BCUT2D eigenvalue weighted by atomic mass is 32.2. The Hall–Kier alpha value is -1.40. The van der Waals surface area contributed by atoms with E-state index in [1.165, 1.54) is 22.5 Å². The fraction of sp³-hybridized carbons (Fsp3) is 0.500. The number of nitrogens with zero attached hydrogens (tertiary/aromatic N) is 1. The number of rotatable bonds is 5. The lowest BCUT2D eigenvalue weighted by Crippen LogP contribution is -2.34. The second kappa shape index (κ2) is 5.54. The number of hydrogen-bond acceptors (Lipinski definition) is 3. The van der Waals surface area contributed by atoms with E-state index in [0.717, 1.165) is 19.3 Å². The summed E-state index contributed by atoms with van der Waals surface area (Å²) in [6, 6.07) is 4.24. The predicted octanol–water partition coefficient (Wildman–Crippen LogP) is 2.11. The van der Waals surface area contributed by atoms with Crippen LogP contribution in [0.4, 0.5) is 0 Å². The van der Waals surface area contributed by atoms with Crippen LogP contribution in [0.2, 0.25) is 0 Å². The van der Waals surface area contributed by atoms with Crippen LogP contribution in [0.5, 0.6) is 0 Å². The molecule has 1 fully saturated rings. The summed E-state index contributed by atoms with van der Waals surface area (Å²) in [5.74, 6) is -0.680. The molecular formula is C14H19NO4S. The molecule has 1 aliphatic carbocycles. The maximum atomic E-state index is 12.4. The fourth-order valence-corrected chi connectivity index (χ4v) is 3.58. The number of carboxylic acids is 1. The van der Waals surface area contributed by atoms with Crippen LogP contribution in [-0.2, 0) is 10.0 Å². The summed E-state index contributed by atoms with van der Waals surface area (Å²) >= 11 is 0. The van der Waals surface area contributed by atoms with Crippen molar-refractivity contribution in [3.63, 3.8) is 0 Å². The molecule has 1 aliphatic rings. The van der Waals surface area contributed by atoms with Crippen molar-refractivity contribution >= 4 is 16.0 Å². The summed E-state index contributed by atoms with van der Waals surface area (Å²) in [4.78, 5) is 11.1. The zero-order chi connectivity index (χ0) is 14.9. The van der Waals surface area contributed by atoms with Crippen molar-refractivity contribution in [3.8, 4) is 0 Å². The molecule has 0 saturated heterocycles. The largest absolute Gasteiger partial charge is 0.478 e. The Morgan fingerprint density at radius 3 is 2.55 bits per heavy atom. The van der Waals surface area contributed by atoms with Crippen LogP contribution >= 0.6 is 0 Å². The van der Waals surface area contributed by atoms with Gasteiger partial charge >= 0.3 is 5.97 Å². The number of aryl methyl sites for hydroxylation is 1. The Morgan fingerprint density at radius 2 is 2.05 bits per heavy atom. The lowest BCUT2D eigenvalue weighted by Gasteiger charge is -2.29. The van der Waals surface area contributed by atoms with Gasteiger partial charge in [0.05, 0.1) is 10.5 Å². The number of carboxylic acid groups (broad SMARTS) is 1. The summed E-state index contributed by atoms with van der Waals surface area (Å²) < 4.78 is 26.2. The lowest BCUT2D eigenvalue weighted by atomic mass is 9.86. The molecule has 0 aromatic heterocycles. The van der Waals surface area contributed by atoms with Gasteiger partial charge in [-0.2, -0.15) is 0 Å². The molecule has 0 bridgehead atoms. The molecule has 1 saturated carbocycles. The highest BCUT2D eigenvalue weighted by Crippen LogP contribution is 2.28. The molecule has 1 aromatic carbocycles. The van der Waals surface area contributed by atoms with E-state index >= 15 is 0 Å². The van der Waals surface area contributed by atoms with Crippen LogP contribution in [0.3, 0.4) is 0 Å². The number of sulfonamides is 1. The van der Waals surface area contributed by atoms with E-state index in [4.69, 9.17) is 5.11 Å². The van der Waals surface area contributed by atoms with E-state index in [-0.39, 0.29) is 10.5 Å². The molecule has 0 amide bonds. The first-order chi connectivity index (χ1) is 9.32. The van der Waals surface area contributed by atoms with Crippen molar-refractivity contribution in [1.82, 2.24) is 4.31 Å². The fourth-order valence-electron chi connectivity index (χ4n) is 2.31. The van der Waals surface area contributed by atoms with Gasteiger partial charge in [0.2, 0.25) is 10.0 Å².